The lowest BCUT2D eigenvalue weighted by Gasteiger charge is -2.51. The molecule has 6 nitrogen and oxygen atoms in total. The van der Waals surface area contributed by atoms with Crippen LogP contribution in [0.2, 0.25) is 0 Å². The lowest BCUT2D eigenvalue weighted by atomic mass is 9.83. The monoisotopic (exact) mass is 404 g/mol. The van der Waals surface area contributed by atoms with E-state index in [-0.39, 0.29) is 5.92 Å². The Bertz CT molecular complexity index is 391. The summed E-state index contributed by atoms with van der Waals surface area (Å²) in [5.74, 6) is -1.57. The summed E-state index contributed by atoms with van der Waals surface area (Å²) in [6.07, 6.45) is 7.08. The molecule has 0 aromatic carbocycles. The fourth-order valence-electron chi connectivity index (χ4n) is 4.01. The van der Waals surface area contributed by atoms with E-state index < -0.39 is 36.8 Å². The quantitative estimate of drug-likeness (QED) is 0.313. The zero-order valence-corrected chi connectivity index (χ0v) is 18.2. The van der Waals surface area contributed by atoms with E-state index in [1.807, 2.05) is 6.92 Å². The van der Waals surface area contributed by atoms with Crippen LogP contribution in [0.4, 0.5) is 0 Å². The number of aliphatic hydroxyl groups is 4. The molecule has 2 unspecified atom stereocenters. The molecule has 1 saturated heterocycles. The van der Waals surface area contributed by atoms with E-state index in [0.29, 0.717) is 6.61 Å². The Kier molecular flexibility index (Phi) is 12.8. The van der Waals surface area contributed by atoms with Crippen molar-refractivity contribution < 1.29 is 29.9 Å². The van der Waals surface area contributed by atoms with Crippen molar-refractivity contribution in [1.82, 2.24) is 0 Å². The van der Waals surface area contributed by atoms with Crippen LogP contribution in [0, 0.1) is 5.92 Å². The first kappa shape index (κ1) is 25.8. The Morgan fingerprint density at radius 3 is 2.00 bits per heavy atom. The molecular formula is C22H44O6. The Balaban J connectivity index is 2.62. The van der Waals surface area contributed by atoms with Gasteiger partial charge >= 0.3 is 0 Å². The molecule has 1 fully saturated rings. The SMILES string of the molecule is CCCCCCCCCCOC1(C(C)CCCC)O[C@H](CO)[C@@H](O)[C@H](O)[C@H]1O. The Hall–Kier alpha value is -0.240. The average Bonchev–Trinajstić information content (AvgIpc) is 2.70. The molecule has 1 aliphatic rings. The zero-order chi connectivity index (χ0) is 21.0. The summed E-state index contributed by atoms with van der Waals surface area (Å²) in [6, 6.07) is 0. The maximum Gasteiger partial charge on any atom is 0.200 e. The number of hydrogen-bond acceptors (Lipinski definition) is 6. The number of unbranched alkanes of at least 4 members (excludes halogenated alkanes) is 8. The van der Waals surface area contributed by atoms with Crippen molar-refractivity contribution in [2.45, 2.75) is 122 Å². The van der Waals surface area contributed by atoms with Gasteiger partial charge in [0.05, 0.1) is 13.2 Å². The predicted octanol–water partition coefficient (Wildman–Crippen LogP) is 3.14. The van der Waals surface area contributed by atoms with Crippen molar-refractivity contribution in [1.29, 1.82) is 0 Å². The molecule has 1 aliphatic heterocycles. The molecule has 0 aromatic rings. The van der Waals surface area contributed by atoms with Gasteiger partial charge in [0.2, 0.25) is 0 Å². The summed E-state index contributed by atoms with van der Waals surface area (Å²) in [4.78, 5) is 0. The van der Waals surface area contributed by atoms with E-state index >= 15 is 0 Å². The Morgan fingerprint density at radius 2 is 1.43 bits per heavy atom. The molecule has 28 heavy (non-hydrogen) atoms. The molecule has 6 heteroatoms. The van der Waals surface area contributed by atoms with E-state index in [1.54, 1.807) is 0 Å². The lowest BCUT2D eigenvalue weighted by Crippen LogP contribution is -2.68. The highest BCUT2D eigenvalue weighted by atomic mass is 16.7. The van der Waals surface area contributed by atoms with Crippen molar-refractivity contribution in [2.24, 2.45) is 5.92 Å². The summed E-state index contributed by atoms with van der Waals surface area (Å²) in [6.45, 7) is 6.23. The first-order chi connectivity index (χ1) is 13.4. The van der Waals surface area contributed by atoms with Gasteiger partial charge in [0, 0.05) is 5.92 Å². The van der Waals surface area contributed by atoms with E-state index in [4.69, 9.17) is 9.47 Å². The second kappa shape index (κ2) is 13.9. The maximum atomic E-state index is 10.7. The predicted molar refractivity (Wildman–Crippen MR) is 110 cm³/mol. The third-order valence-electron chi connectivity index (χ3n) is 5.99. The first-order valence-corrected chi connectivity index (χ1v) is 11.4. The smallest absolute Gasteiger partial charge is 0.200 e. The van der Waals surface area contributed by atoms with Gasteiger partial charge in [0.25, 0.3) is 0 Å². The van der Waals surface area contributed by atoms with Crippen LogP contribution in [-0.4, -0.2) is 63.8 Å². The van der Waals surface area contributed by atoms with Gasteiger partial charge in [-0.3, -0.25) is 0 Å². The number of rotatable bonds is 15. The molecule has 0 amide bonds. The Morgan fingerprint density at radius 1 is 0.857 bits per heavy atom. The lowest BCUT2D eigenvalue weighted by molar-refractivity contribution is -0.382. The summed E-state index contributed by atoms with van der Waals surface area (Å²) in [7, 11) is 0. The van der Waals surface area contributed by atoms with Gasteiger partial charge in [-0.1, -0.05) is 78.6 Å². The van der Waals surface area contributed by atoms with Gasteiger partial charge in [-0.15, -0.1) is 0 Å². The van der Waals surface area contributed by atoms with E-state index in [2.05, 4.69) is 13.8 Å². The molecule has 168 valence electrons. The van der Waals surface area contributed by atoms with E-state index in [1.165, 1.54) is 32.1 Å². The molecule has 0 spiro atoms. The van der Waals surface area contributed by atoms with E-state index in [9.17, 15) is 20.4 Å². The van der Waals surface area contributed by atoms with Crippen molar-refractivity contribution in [3.63, 3.8) is 0 Å². The fraction of sp³-hybridized carbons (Fsp3) is 1.00. The third-order valence-corrected chi connectivity index (χ3v) is 5.99. The first-order valence-electron chi connectivity index (χ1n) is 11.4. The molecule has 0 saturated carbocycles. The van der Waals surface area contributed by atoms with Crippen LogP contribution >= 0.6 is 0 Å². The highest BCUT2D eigenvalue weighted by molar-refractivity contribution is 4.99. The van der Waals surface area contributed by atoms with Crippen LogP contribution in [0.25, 0.3) is 0 Å². The molecular weight excluding hydrogens is 360 g/mol. The largest absolute Gasteiger partial charge is 0.394 e. The third kappa shape index (κ3) is 7.22. The molecule has 1 rings (SSSR count). The standard InChI is InChI=1S/C22H44O6/c1-4-6-8-9-10-11-12-13-15-27-22(17(3)14-7-5-2)21(26)20(25)19(24)18(16-23)28-22/h17-21,23-26H,4-16H2,1-3H3/t17?,18-,19-,20+,21-,22?/m1/s1. The molecule has 4 N–H and O–H groups in total. The van der Waals surface area contributed by atoms with Gasteiger partial charge in [-0.25, -0.2) is 0 Å². The van der Waals surface area contributed by atoms with Gasteiger partial charge in [-0.05, 0) is 12.8 Å². The molecule has 0 aliphatic carbocycles. The van der Waals surface area contributed by atoms with Crippen LogP contribution in [0.1, 0.15) is 91.4 Å². The summed E-state index contributed by atoms with van der Waals surface area (Å²) in [5.41, 5.74) is 0. The minimum Gasteiger partial charge on any atom is -0.394 e. The van der Waals surface area contributed by atoms with Crippen LogP contribution in [0.5, 0.6) is 0 Å². The van der Waals surface area contributed by atoms with Gasteiger partial charge < -0.3 is 29.9 Å². The van der Waals surface area contributed by atoms with Crippen molar-refractivity contribution >= 4 is 0 Å². The minimum absolute atomic E-state index is 0.173. The van der Waals surface area contributed by atoms with Crippen molar-refractivity contribution in [2.75, 3.05) is 13.2 Å². The van der Waals surface area contributed by atoms with Crippen molar-refractivity contribution in [3.8, 4) is 0 Å². The second-order valence-corrected chi connectivity index (χ2v) is 8.35. The Labute approximate surface area is 171 Å². The van der Waals surface area contributed by atoms with Gasteiger partial charge in [0.1, 0.15) is 24.4 Å². The van der Waals surface area contributed by atoms with Crippen LogP contribution < -0.4 is 0 Å². The molecule has 0 radical (unpaired) electrons. The summed E-state index contributed by atoms with van der Waals surface area (Å²) in [5, 5.41) is 40.7. The van der Waals surface area contributed by atoms with Crippen LogP contribution in [-0.2, 0) is 9.47 Å². The molecule has 0 aromatic heterocycles. The van der Waals surface area contributed by atoms with Crippen LogP contribution in [0.3, 0.4) is 0 Å². The summed E-state index contributed by atoms with van der Waals surface area (Å²) >= 11 is 0. The number of ether oxygens (including phenoxy) is 2. The topological polar surface area (TPSA) is 99.4 Å². The van der Waals surface area contributed by atoms with Gasteiger partial charge in [-0.2, -0.15) is 0 Å². The molecule has 1 heterocycles. The highest BCUT2D eigenvalue weighted by Crippen LogP contribution is 2.39. The van der Waals surface area contributed by atoms with Crippen LogP contribution in [0.15, 0.2) is 0 Å². The highest BCUT2D eigenvalue weighted by Gasteiger charge is 2.56. The zero-order valence-electron chi connectivity index (χ0n) is 18.2. The normalized spacial score (nSPS) is 31.8. The summed E-state index contributed by atoms with van der Waals surface area (Å²) < 4.78 is 12.0. The average molecular weight is 405 g/mol. The van der Waals surface area contributed by atoms with Gasteiger partial charge in [0.15, 0.2) is 5.79 Å². The fourth-order valence-corrected chi connectivity index (χ4v) is 4.01. The number of hydrogen-bond donors (Lipinski definition) is 4. The minimum atomic E-state index is -1.41. The van der Waals surface area contributed by atoms with Crippen molar-refractivity contribution in [3.05, 3.63) is 0 Å². The molecule has 6 atom stereocenters. The van der Waals surface area contributed by atoms with E-state index in [0.717, 1.165) is 38.5 Å². The molecule has 0 bridgehead atoms. The maximum absolute atomic E-state index is 10.7. The number of aliphatic hydroxyl groups excluding tert-OH is 4. The second-order valence-electron chi connectivity index (χ2n) is 8.35.